The highest BCUT2D eigenvalue weighted by Crippen LogP contribution is 2.29. The molecule has 0 bridgehead atoms. The zero-order valence-corrected chi connectivity index (χ0v) is 15.0. The highest BCUT2D eigenvalue weighted by atomic mass is 19.1. The third kappa shape index (κ3) is 2.97. The van der Waals surface area contributed by atoms with E-state index >= 15 is 0 Å². The van der Waals surface area contributed by atoms with Crippen LogP contribution in [0, 0.1) is 18.7 Å². The highest BCUT2D eigenvalue weighted by molar-refractivity contribution is 5.99. The predicted octanol–water partition coefficient (Wildman–Crippen LogP) is 3.35. The van der Waals surface area contributed by atoms with Gasteiger partial charge in [-0.3, -0.25) is 9.59 Å². The lowest BCUT2D eigenvalue weighted by molar-refractivity contribution is -0.128. The molecule has 3 heterocycles. The van der Waals surface area contributed by atoms with Crippen LogP contribution in [-0.2, 0) is 4.79 Å². The van der Waals surface area contributed by atoms with Crippen molar-refractivity contribution in [2.45, 2.75) is 32.6 Å². The zero-order valence-electron chi connectivity index (χ0n) is 15.0. The van der Waals surface area contributed by atoms with Gasteiger partial charge in [0.1, 0.15) is 0 Å². The summed E-state index contributed by atoms with van der Waals surface area (Å²) >= 11 is 0. The lowest BCUT2D eigenvalue weighted by Gasteiger charge is -2.34. The van der Waals surface area contributed by atoms with Gasteiger partial charge in [0, 0.05) is 43.5 Å². The number of amides is 2. The largest absolute Gasteiger partial charge is 0.448 e. The fraction of sp³-hybridized carbons (Fsp3) is 0.500. The Morgan fingerprint density at radius 3 is 2.88 bits per heavy atom. The number of likely N-dealkylation sites (tertiary alicyclic amines) is 2. The van der Waals surface area contributed by atoms with Gasteiger partial charge in [-0.2, -0.15) is 0 Å². The number of carbonyl (C=O) groups excluding carboxylic acids is 2. The maximum Gasteiger partial charge on any atom is 0.289 e. The van der Waals surface area contributed by atoms with Crippen LogP contribution in [0.25, 0.3) is 11.0 Å². The second kappa shape index (κ2) is 6.74. The van der Waals surface area contributed by atoms with E-state index in [-0.39, 0.29) is 29.1 Å². The van der Waals surface area contributed by atoms with Crippen molar-refractivity contribution in [3.8, 4) is 0 Å². The van der Waals surface area contributed by atoms with Gasteiger partial charge in [0.05, 0.1) is 0 Å². The van der Waals surface area contributed by atoms with Gasteiger partial charge < -0.3 is 14.2 Å². The van der Waals surface area contributed by atoms with E-state index in [9.17, 15) is 14.0 Å². The summed E-state index contributed by atoms with van der Waals surface area (Å²) in [6, 6.07) is 4.73. The molecule has 2 aliphatic rings. The summed E-state index contributed by atoms with van der Waals surface area (Å²) in [5.74, 6) is 0.0977. The molecule has 2 aromatic rings. The van der Waals surface area contributed by atoms with E-state index in [1.807, 2.05) is 4.90 Å². The topological polar surface area (TPSA) is 53.8 Å². The van der Waals surface area contributed by atoms with E-state index in [1.54, 1.807) is 24.0 Å². The Morgan fingerprint density at radius 1 is 1.31 bits per heavy atom. The van der Waals surface area contributed by atoms with Crippen LogP contribution in [-0.4, -0.2) is 47.8 Å². The van der Waals surface area contributed by atoms with Crippen molar-refractivity contribution in [2.75, 3.05) is 26.2 Å². The summed E-state index contributed by atoms with van der Waals surface area (Å²) < 4.78 is 19.6. The first-order valence-corrected chi connectivity index (χ1v) is 9.29. The van der Waals surface area contributed by atoms with Crippen LogP contribution in [0.2, 0.25) is 0 Å². The van der Waals surface area contributed by atoms with E-state index in [2.05, 4.69) is 0 Å². The second-order valence-corrected chi connectivity index (χ2v) is 7.38. The van der Waals surface area contributed by atoms with Gasteiger partial charge in [0.15, 0.2) is 17.2 Å². The standard InChI is InChI=1S/C20H23FN2O3/c1-13-15-6-2-7-16(21)19(15)26-18(13)20(25)23-10-3-5-14(12-23)11-22-9-4-8-17(22)24/h2,6-7,14H,3-5,8-12H2,1H3/t14-/m0/s1. The third-order valence-corrected chi connectivity index (χ3v) is 5.57. The molecule has 1 aromatic heterocycles. The van der Waals surface area contributed by atoms with Crippen LogP contribution >= 0.6 is 0 Å². The quantitative estimate of drug-likeness (QED) is 0.845. The first-order valence-electron chi connectivity index (χ1n) is 9.29. The Kier molecular flexibility index (Phi) is 4.42. The molecule has 2 fully saturated rings. The Hall–Kier alpha value is -2.37. The van der Waals surface area contributed by atoms with Gasteiger partial charge in [-0.1, -0.05) is 12.1 Å². The molecular weight excluding hydrogens is 335 g/mol. The van der Waals surface area contributed by atoms with Gasteiger partial charge in [0.2, 0.25) is 5.91 Å². The van der Waals surface area contributed by atoms with Gasteiger partial charge in [-0.25, -0.2) is 4.39 Å². The summed E-state index contributed by atoms with van der Waals surface area (Å²) in [6.07, 6.45) is 3.49. The van der Waals surface area contributed by atoms with Gasteiger partial charge in [0.25, 0.3) is 5.91 Å². The van der Waals surface area contributed by atoms with Gasteiger partial charge in [-0.05, 0) is 38.2 Å². The minimum absolute atomic E-state index is 0.143. The molecular formula is C20H23FN2O3. The predicted molar refractivity (Wildman–Crippen MR) is 95.4 cm³/mol. The normalized spacial score (nSPS) is 21.0. The van der Waals surface area contributed by atoms with Crippen molar-refractivity contribution in [1.82, 2.24) is 9.80 Å². The van der Waals surface area contributed by atoms with Crippen molar-refractivity contribution < 1.29 is 18.4 Å². The average Bonchev–Trinajstić information content (AvgIpc) is 3.19. The lowest BCUT2D eigenvalue weighted by Crippen LogP contribution is -2.44. The molecule has 6 heteroatoms. The number of benzene rings is 1. The van der Waals surface area contributed by atoms with Crippen molar-refractivity contribution in [2.24, 2.45) is 5.92 Å². The van der Waals surface area contributed by atoms with Crippen LogP contribution in [0.4, 0.5) is 4.39 Å². The summed E-state index contributed by atoms with van der Waals surface area (Å²) in [6.45, 7) is 4.62. The van der Waals surface area contributed by atoms with Gasteiger partial charge in [-0.15, -0.1) is 0 Å². The Balaban J connectivity index is 1.52. The van der Waals surface area contributed by atoms with Crippen LogP contribution in [0.1, 0.15) is 41.8 Å². The number of hydrogen-bond donors (Lipinski definition) is 0. The Morgan fingerprint density at radius 2 is 2.15 bits per heavy atom. The number of hydrogen-bond acceptors (Lipinski definition) is 3. The average molecular weight is 358 g/mol. The second-order valence-electron chi connectivity index (χ2n) is 7.38. The molecule has 5 nitrogen and oxygen atoms in total. The van der Waals surface area contributed by atoms with E-state index in [1.165, 1.54) is 6.07 Å². The molecule has 2 amide bonds. The number of fused-ring (bicyclic) bond motifs is 1. The number of carbonyl (C=O) groups is 2. The van der Waals surface area contributed by atoms with Gasteiger partial charge >= 0.3 is 0 Å². The van der Waals surface area contributed by atoms with E-state index in [0.717, 1.165) is 32.4 Å². The van der Waals surface area contributed by atoms with Crippen molar-refractivity contribution in [1.29, 1.82) is 0 Å². The summed E-state index contributed by atoms with van der Waals surface area (Å²) in [4.78, 5) is 28.5. The number of furan rings is 1. The fourth-order valence-corrected chi connectivity index (χ4v) is 4.16. The molecule has 0 radical (unpaired) electrons. The number of rotatable bonds is 3. The molecule has 0 saturated carbocycles. The molecule has 1 aromatic carbocycles. The van der Waals surface area contributed by atoms with E-state index in [4.69, 9.17) is 4.42 Å². The first-order chi connectivity index (χ1) is 12.5. The lowest BCUT2D eigenvalue weighted by atomic mass is 9.97. The maximum absolute atomic E-state index is 14.0. The smallest absolute Gasteiger partial charge is 0.289 e. The van der Waals surface area contributed by atoms with Crippen molar-refractivity contribution >= 4 is 22.8 Å². The maximum atomic E-state index is 14.0. The minimum atomic E-state index is -0.450. The summed E-state index contributed by atoms with van der Waals surface area (Å²) in [5.41, 5.74) is 0.825. The molecule has 2 saturated heterocycles. The first kappa shape index (κ1) is 17.1. The zero-order chi connectivity index (χ0) is 18.3. The molecule has 0 spiro atoms. The number of aryl methyl sites for hydroxylation is 1. The molecule has 138 valence electrons. The summed E-state index contributed by atoms with van der Waals surface area (Å²) in [5, 5.41) is 0.643. The van der Waals surface area contributed by atoms with Crippen LogP contribution in [0.15, 0.2) is 22.6 Å². The third-order valence-electron chi connectivity index (χ3n) is 5.57. The van der Waals surface area contributed by atoms with E-state index in [0.29, 0.717) is 30.5 Å². The summed E-state index contributed by atoms with van der Waals surface area (Å²) in [7, 11) is 0. The Bertz CT molecular complexity index is 860. The number of halogens is 1. The van der Waals surface area contributed by atoms with Crippen molar-refractivity contribution in [3.05, 3.63) is 35.3 Å². The van der Waals surface area contributed by atoms with Crippen LogP contribution in [0.3, 0.4) is 0 Å². The van der Waals surface area contributed by atoms with E-state index < -0.39 is 5.82 Å². The monoisotopic (exact) mass is 358 g/mol. The van der Waals surface area contributed by atoms with Crippen LogP contribution in [0.5, 0.6) is 0 Å². The number of piperidine rings is 1. The Labute approximate surface area is 151 Å². The molecule has 1 atom stereocenters. The number of nitrogens with zero attached hydrogens (tertiary/aromatic N) is 2. The van der Waals surface area contributed by atoms with Crippen LogP contribution < -0.4 is 0 Å². The minimum Gasteiger partial charge on any atom is -0.448 e. The fourth-order valence-electron chi connectivity index (χ4n) is 4.16. The molecule has 0 aliphatic carbocycles. The molecule has 4 rings (SSSR count). The molecule has 0 unspecified atom stereocenters. The molecule has 2 aliphatic heterocycles. The molecule has 26 heavy (non-hydrogen) atoms. The van der Waals surface area contributed by atoms with Crippen molar-refractivity contribution in [3.63, 3.8) is 0 Å². The molecule has 0 N–H and O–H groups in total. The number of para-hydroxylation sites is 1. The highest BCUT2D eigenvalue weighted by Gasteiger charge is 2.31. The SMILES string of the molecule is Cc1c(C(=O)N2CCC[C@@H](CN3CCCC3=O)C2)oc2c(F)cccc12.